The number of hydrogen-bond donors (Lipinski definition) is 1. The van der Waals surface area contributed by atoms with Crippen LogP contribution in [0.2, 0.25) is 0 Å². The van der Waals surface area contributed by atoms with Crippen LogP contribution in [0.25, 0.3) is 10.9 Å². The third kappa shape index (κ3) is 4.19. The molecule has 0 spiro atoms. The smallest absolute Gasteiger partial charge is 0.162 e. The lowest BCUT2D eigenvalue weighted by molar-refractivity contribution is 0.0977. The topological polar surface area (TPSA) is 87.5 Å². The van der Waals surface area contributed by atoms with Gasteiger partial charge in [-0.1, -0.05) is 0 Å². The minimum Gasteiger partial charge on any atom is -0.386 e. The summed E-state index contributed by atoms with van der Waals surface area (Å²) < 4.78 is 18.3. The van der Waals surface area contributed by atoms with Crippen LogP contribution in [0.5, 0.6) is 0 Å². The van der Waals surface area contributed by atoms with E-state index in [1.165, 1.54) is 17.5 Å². The first-order valence-corrected chi connectivity index (χ1v) is 11.4. The van der Waals surface area contributed by atoms with Gasteiger partial charge >= 0.3 is 0 Å². The molecule has 0 aliphatic carbocycles. The van der Waals surface area contributed by atoms with Gasteiger partial charge in [0, 0.05) is 49.4 Å². The number of morpholine rings is 1. The van der Waals surface area contributed by atoms with E-state index in [2.05, 4.69) is 48.4 Å². The molecular formula is C21H25FN6O2S. The van der Waals surface area contributed by atoms with Crippen molar-refractivity contribution in [3.05, 3.63) is 34.3 Å². The van der Waals surface area contributed by atoms with Crippen LogP contribution in [0, 0.1) is 5.92 Å². The summed E-state index contributed by atoms with van der Waals surface area (Å²) in [5.41, 5.74) is 1.92. The fourth-order valence-corrected chi connectivity index (χ4v) is 5.24. The zero-order valence-electron chi connectivity index (χ0n) is 17.2. The number of ether oxygens (including phenoxy) is 1. The summed E-state index contributed by atoms with van der Waals surface area (Å²) in [7, 11) is 0. The standard InChI is InChI=1S/C21H25FN6O2S/c22-11-16-12-23-21(31-16)19(29)14-2-1-5-28(13-14)20-17-4-3-15(10-18(17)24-26-25-20)27-6-8-30-9-7-27/h3-4,10,12,14,19,29H,1-2,5-9,11,13H2. The highest BCUT2D eigenvalue weighted by molar-refractivity contribution is 7.11. The number of alkyl halides is 1. The Morgan fingerprint density at radius 3 is 2.87 bits per heavy atom. The highest BCUT2D eigenvalue weighted by Gasteiger charge is 2.30. The molecule has 4 heterocycles. The van der Waals surface area contributed by atoms with Crippen molar-refractivity contribution in [1.82, 2.24) is 20.4 Å². The van der Waals surface area contributed by atoms with E-state index in [1.807, 2.05) is 0 Å². The van der Waals surface area contributed by atoms with Gasteiger partial charge in [-0.05, 0) is 36.3 Å². The Bertz CT molecular complexity index is 1040. The molecule has 31 heavy (non-hydrogen) atoms. The fraction of sp³-hybridized carbons (Fsp3) is 0.524. The molecule has 5 rings (SSSR count). The molecule has 3 aromatic rings. The maximum atomic E-state index is 12.9. The Morgan fingerprint density at radius 2 is 2.06 bits per heavy atom. The summed E-state index contributed by atoms with van der Waals surface area (Å²) >= 11 is 1.24. The summed E-state index contributed by atoms with van der Waals surface area (Å²) in [6, 6.07) is 6.22. The van der Waals surface area contributed by atoms with E-state index >= 15 is 0 Å². The van der Waals surface area contributed by atoms with Gasteiger partial charge in [-0.3, -0.25) is 0 Å². The van der Waals surface area contributed by atoms with Crippen LogP contribution >= 0.6 is 11.3 Å². The third-order valence-corrected chi connectivity index (χ3v) is 7.08. The first kappa shape index (κ1) is 20.5. The predicted molar refractivity (Wildman–Crippen MR) is 117 cm³/mol. The normalized spacial score (nSPS) is 20.9. The van der Waals surface area contributed by atoms with Gasteiger partial charge in [0.1, 0.15) is 23.3 Å². The van der Waals surface area contributed by atoms with Crippen molar-refractivity contribution >= 4 is 33.7 Å². The Kier molecular flexibility index (Phi) is 5.93. The van der Waals surface area contributed by atoms with Crippen molar-refractivity contribution in [2.24, 2.45) is 5.92 Å². The van der Waals surface area contributed by atoms with Crippen LogP contribution in [0.1, 0.15) is 28.8 Å². The van der Waals surface area contributed by atoms with Crippen LogP contribution in [-0.2, 0) is 11.4 Å². The van der Waals surface area contributed by atoms with Crippen molar-refractivity contribution in [2.45, 2.75) is 25.6 Å². The molecule has 8 nitrogen and oxygen atoms in total. The number of halogens is 1. The molecule has 164 valence electrons. The molecule has 1 aromatic carbocycles. The Labute approximate surface area is 183 Å². The quantitative estimate of drug-likeness (QED) is 0.643. The predicted octanol–water partition coefficient (Wildman–Crippen LogP) is 2.74. The molecule has 0 radical (unpaired) electrons. The van der Waals surface area contributed by atoms with Crippen molar-refractivity contribution < 1.29 is 14.2 Å². The summed E-state index contributed by atoms with van der Waals surface area (Å²) in [6.07, 6.45) is 2.62. The van der Waals surface area contributed by atoms with Crippen LogP contribution < -0.4 is 9.80 Å². The molecular weight excluding hydrogens is 419 g/mol. The summed E-state index contributed by atoms with van der Waals surface area (Å²) in [5.74, 6) is 0.795. The van der Waals surface area contributed by atoms with Gasteiger partial charge in [0.05, 0.1) is 18.1 Å². The average Bonchev–Trinajstić information content (AvgIpc) is 3.33. The number of anilines is 2. The zero-order valence-corrected chi connectivity index (χ0v) is 18.0. The second-order valence-electron chi connectivity index (χ2n) is 8.01. The van der Waals surface area contributed by atoms with Crippen LogP contribution in [0.3, 0.4) is 0 Å². The Balaban J connectivity index is 1.38. The number of nitrogens with zero attached hydrogens (tertiary/aromatic N) is 6. The van der Waals surface area contributed by atoms with Gasteiger partial charge in [0.15, 0.2) is 5.82 Å². The second kappa shape index (κ2) is 8.97. The molecule has 1 N–H and O–H groups in total. The molecule has 0 saturated carbocycles. The van der Waals surface area contributed by atoms with Crippen LogP contribution in [0.4, 0.5) is 15.9 Å². The number of benzene rings is 1. The lowest BCUT2D eigenvalue weighted by Gasteiger charge is -2.35. The number of aliphatic hydroxyl groups is 1. The molecule has 2 unspecified atom stereocenters. The van der Waals surface area contributed by atoms with Gasteiger partial charge in [-0.15, -0.1) is 21.5 Å². The third-order valence-electron chi connectivity index (χ3n) is 6.05. The molecule has 0 bridgehead atoms. The van der Waals surface area contributed by atoms with Crippen molar-refractivity contribution in [2.75, 3.05) is 49.2 Å². The molecule has 2 fully saturated rings. The Morgan fingerprint density at radius 1 is 1.19 bits per heavy atom. The number of aliphatic hydroxyl groups excluding tert-OH is 1. The maximum absolute atomic E-state index is 12.9. The molecule has 2 saturated heterocycles. The fourth-order valence-electron chi connectivity index (χ4n) is 4.39. The van der Waals surface area contributed by atoms with Gasteiger partial charge in [0.2, 0.25) is 0 Å². The van der Waals surface area contributed by atoms with E-state index in [0.29, 0.717) is 16.4 Å². The minimum atomic E-state index is -0.706. The molecule has 2 atom stereocenters. The first-order valence-electron chi connectivity index (χ1n) is 10.6. The zero-order chi connectivity index (χ0) is 21.2. The largest absolute Gasteiger partial charge is 0.386 e. The molecule has 2 aliphatic heterocycles. The van der Waals surface area contributed by atoms with Crippen molar-refractivity contribution in [3.63, 3.8) is 0 Å². The maximum Gasteiger partial charge on any atom is 0.162 e. The van der Waals surface area contributed by atoms with E-state index in [0.717, 1.165) is 68.1 Å². The number of fused-ring (bicyclic) bond motifs is 1. The summed E-state index contributed by atoms with van der Waals surface area (Å²) in [5, 5.41) is 25.0. The van der Waals surface area contributed by atoms with Gasteiger partial charge < -0.3 is 19.6 Å². The van der Waals surface area contributed by atoms with Crippen molar-refractivity contribution in [3.8, 4) is 0 Å². The van der Waals surface area contributed by atoms with Gasteiger partial charge in [0.25, 0.3) is 0 Å². The summed E-state index contributed by atoms with van der Waals surface area (Å²) in [4.78, 5) is 9.23. The molecule has 10 heteroatoms. The average molecular weight is 445 g/mol. The van der Waals surface area contributed by atoms with E-state index in [1.54, 1.807) is 0 Å². The van der Waals surface area contributed by atoms with Gasteiger partial charge in [-0.2, -0.15) is 0 Å². The minimum absolute atomic E-state index is 0.00463. The number of piperidine rings is 1. The van der Waals surface area contributed by atoms with E-state index in [-0.39, 0.29) is 5.92 Å². The number of rotatable bonds is 5. The van der Waals surface area contributed by atoms with Crippen LogP contribution in [0.15, 0.2) is 24.4 Å². The van der Waals surface area contributed by atoms with Crippen LogP contribution in [-0.4, -0.2) is 64.9 Å². The van der Waals surface area contributed by atoms with Gasteiger partial charge in [-0.25, -0.2) is 9.37 Å². The second-order valence-corrected chi connectivity index (χ2v) is 9.15. The monoisotopic (exact) mass is 444 g/mol. The van der Waals surface area contributed by atoms with E-state index in [4.69, 9.17) is 4.74 Å². The first-order chi connectivity index (χ1) is 15.2. The SMILES string of the molecule is OC(c1ncc(CF)s1)C1CCCN(c2nnnc3cc(N4CCOCC4)ccc23)C1. The Hall–Kier alpha value is -2.43. The number of thiazole rings is 1. The summed E-state index contributed by atoms with van der Waals surface area (Å²) in [6.45, 7) is 4.13. The lowest BCUT2D eigenvalue weighted by Crippen LogP contribution is -2.38. The van der Waals surface area contributed by atoms with E-state index < -0.39 is 12.8 Å². The highest BCUT2D eigenvalue weighted by atomic mass is 32.1. The lowest BCUT2D eigenvalue weighted by atomic mass is 9.92. The van der Waals surface area contributed by atoms with E-state index in [9.17, 15) is 9.50 Å². The number of aromatic nitrogens is 4. The highest BCUT2D eigenvalue weighted by Crippen LogP contribution is 2.35. The number of hydrogen-bond acceptors (Lipinski definition) is 9. The molecule has 2 aromatic heterocycles. The molecule has 0 amide bonds. The van der Waals surface area contributed by atoms with Crippen molar-refractivity contribution in [1.29, 1.82) is 0 Å². The molecule has 2 aliphatic rings.